The molecule has 0 atom stereocenters. The highest BCUT2D eigenvalue weighted by atomic mass is 79.9. The number of hydrogen-bond donors (Lipinski definition) is 0. The summed E-state index contributed by atoms with van der Waals surface area (Å²) in [7, 11) is 0. The smallest absolute Gasteiger partial charge is 0.261 e. The first-order chi connectivity index (χ1) is 9.54. The van der Waals surface area contributed by atoms with E-state index >= 15 is 0 Å². The average molecular weight is 340 g/mol. The van der Waals surface area contributed by atoms with E-state index in [1.807, 2.05) is 0 Å². The van der Waals surface area contributed by atoms with E-state index < -0.39 is 11.7 Å². The van der Waals surface area contributed by atoms with Gasteiger partial charge in [-0.1, -0.05) is 6.07 Å². The van der Waals surface area contributed by atoms with E-state index in [1.54, 1.807) is 13.0 Å². The summed E-state index contributed by atoms with van der Waals surface area (Å²) in [4.78, 5) is 13.8. The van der Waals surface area contributed by atoms with Crippen molar-refractivity contribution < 1.29 is 13.6 Å². The summed E-state index contributed by atoms with van der Waals surface area (Å²) in [6.07, 6.45) is 0. The normalized spacial score (nSPS) is 10.4. The maximum absolute atomic E-state index is 14.0. The summed E-state index contributed by atoms with van der Waals surface area (Å²) < 4.78 is 27.1. The number of rotatable bonds is 3. The second-order valence-corrected chi connectivity index (χ2v) is 4.98. The summed E-state index contributed by atoms with van der Waals surface area (Å²) in [5.41, 5.74) is 0.504. The Morgan fingerprint density at radius 2 is 1.80 bits per heavy atom. The van der Waals surface area contributed by atoms with Crippen LogP contribution in [0.3, 0.4) is 0 Å². The van der Waals surface area contributed by atoms with Crippen LogP contribution in [0.15, 0.2) is 46.9 Å². The molecule has 2 nitrogen and oxygen atoms in total. The first-order valence-corrected chi connectivity index (χ1v) is 6.85. The van der Waals surface area contributed by atoms with Crippen molar-refractivity contribution in [1.82, 2.24) is 0 Å². The predicted molar refractivity (Wildman–Crippen MR) is 77.9 cm³/mol. The minimum absolute atomic E-state index is 0.0226. The van der Waals surface area contributed by atoms with Crippen LogP contribution in [0.25, 0.3) is 0 Å². The number of halogens is 3. The molecule has 0 saturated heterocycles. The number of benzene rings is 2. The van der Waals surface area contributed by atoms with Crippen LogP contribution < -0.4 is 4.90 Å². The lowest BCUT2D eigenvalue weighted by molar-refractivity contribution is 0.0984. The minimum Gasteiger partial charge on any atom is -0.309 e. The van der Waals surface area contributed by atoms with Gasteiger partial charge in [-0.25, -0.2) is 8.78 Å². The second kappa shape index (κ2) is 6.13. The zero-order valence-corrected chi connectivity index (χ0v) is 12.3. The summed E-state index contributed by atoms with van der Waals surface area (Å²) in [6, 6.07) is 10.1. The molecular formula is C15H12BrF2NO. The molecule has 0 aliphatic carbocycles. The molecule has 2 aromatic carbocycles. The number of carbonyl (C=O) groups is 1. The molecule has 2 rings (SSSR count). The third kappa shape index (κ3) is 2.88. The van der Waals surface area contributed by atoms with Gasteiger partial charge in [0, 0.05) is 12.2 Å². The van der Waals surface area contributed by atoms with Gasteiger partial charge < -0.3 is 4.90 Å². The molecule has 5 heteroatoms. The van der Waals surface area contributed by atoms with Gasteiger partial charge in [0.2, 0.25) is 0 Å². The Kier molecular flexibility index (Phi) is 4.49. The molecule has 0 heterocycles. The molecule has 0 aliphatic heterocycles. The van der Waals surface area contributed by atoms with Gasteiger partial charge in [-0.2, -0.15) is 0 Å². The highest BCUT2D eigenvalue weighted by Gasteiger charge is 2.20. The van der Waals surface area contributed by atoms with E-state index in [0.29, 0.717) is 12.2 Å². The van der Waals surface area contributed by atoms with Crippen LogP contribution in [-0.2, 0) is 0 Å². The van der Waals surface area contributed by atoms with Gasteiger partial charge in [-0.05, 0) is 59.3 Å². The molecule has 104 valence electrons. The lowest BCUT2D eigenvalue weighted by Crippen LogP contribution is -2.31. The second-order valence-electron chi connectivity index (χ2n) is 4.13. The van der Waals surface area contributed by atoms with Crippen molar-refractivity contribution in [1.29, 1.82) is 0 Å². The van der Waals surface area contributed by atoms with Crippen LogP contribution in [0, 0.1) is 11.6 Å². The van der Waals surface area contributed by atoms with E-state index in [-0.39, 0.29) is 15.9 Å². The van der Waals surface area contributed by atoms with Gasteiger partial charge in [-0.15, -0.1) is 0 Å². The first kappa shape index (κ1) is 14.7. The molecule has 0 aliphatic rings. The molecule has 1 amide bonds. The number of carbonyl (C=O) groups excluding carboxylic acids is 1. The van der Waals surface area contributed by atoms with Crippen LogP contribution in [0.5, 0.6) is 0 Å². The molecule has 20 heavy (non-hydrogen) atoms. The van der Waals surface area contributed by atoms with E-state index in [4.69, 9.17) is 0 Å². The summed E-state index contributed by atoms with van der Waals surface area (Å²) in [6.45, 7) is 2.13. The lowest BCUT2D eigenvalue weighted by Gasteiger charge is -2.21. The maximum atomic E-state index is 14.0. The molecule has 2 aromatic rings. The summed E-state index contributed by atoms with van der Waals surface area (Å²) in [5.74, 6) is -1.44. The highest BCUT2D eigenvalue weighted by molar-refractivity contribution is 9.10. The Bertz CT molecular complexity index is 628. The number of amides is 1. The van der Waals surface area contributed by atoms with E-state index in [2.05, 4.69) is 15.9 Å². The molecule has 0 spiro atoms. The molecule has 0 bridgehead atoms. The Morgan fingerprint density at radius 3 is 2.40 bits per heavy atom. The van der Waals surface area contributed by atoms with E-state index in [1.165, 1.54) is 41.3 Å². The fourth-order valence-electron chi connectivity index (χ4n) is 1.88. The van der Waals surface area contributed by atoms with Crippen molar-refractivity contribution in [3.05, 3.63) is 64.1 Å². The molecule has 0 radical (unpaired) electrons. The number of hydrogen-bond acceptors (Lipinski definition) is 1. The molecule has 0 fully saturated rings. The van der Waals surface area contributed by atoms with Gasteiger partial charge in [0.05, 0.1) is 10.0 Å². The molecule has 0 unspecified atom stereocenters. The highest BCUT2D eigenvalue weighted by Crippen LogP contribution is 2.23. The minimum atomic E-state index is -0.599. The standard InChI is InChI=1S/C15H12BrF2NO/c1-2-19(11-8-6-10(17)7-9-11)15(20)12-4-3-5-13(16)14(12)18/h3-9H,2H2,1H3. The van der Waals surface area contributed by atoms with Crippen molar-refractivity contribution in [2.45, 2.75) is 6.92 Å². The quantitative estimate of drug-likeness (QED) is 0.811. The fourth-order valence-corrected chi connectivity index (χ4v) is 2.25. The Balaban J connectivity index is 2.39. The van der Waals surface area contributed by atoms with Crippen molar-refractivity contribution in [3.63, 3.8) is 0 Å². The Morgan fingerprint density at radius 1 is 1.15 bits per heavy atom. The largest absolute Gasteiger partial charge is 0.309 e. The van der Waals surface area contributed by atoms with E-state index in [9.17, 15) is 13.6 Å². The first-order valence-electron chi connectivity index (χ1n) is 6.06. The average Bonchev–Trinajstić information content (AvgIpc) is 2.44. The SMILES string of the molecule is CCN(C(=O)c1cccc(Br)c1F)c1ccc(F)cc1. The zero-order chi connectivity index (χ0) is 14.7. The maximum Gasteiger partial charge on any atom is 0.261 e. The summed E-state index contributed by atoms with van der Waals surface area (Å²) >= 11 is 3.06. The topological polar surface area (TPSA) is 20.3 Å². The van der Waals surface area contributed by atoms with Crippen LogP contribution in [0.1, 0.15) is 17.3 Å². The third-order valence-electron chi connectivity index (χ3n) is 2.88. The molecular weight excluding hydrogens is 328 g/mol. The number of nitrogens with zero attached hydrogens (tertiary/aromatic N) is 1. The Labute approximate surface area is 124 Å². The van der Waals surface area contributed by atoms with Gasteiger partial charge in [0.15, 0.2) is 0 Å². The molecule has 0 aromatic heterocycles. The van der Waals surface area contributed by atoms with Crippen LogP contribution in [0.4, 0.5) is 14.5 Å². The number of anilines is 1. The molecule has 0 saturated carbocycles. The van der Waals surface area contributed by atoms with E-state index in [0.717, 1.165) is 0 Å². The zero-order valence-electron chi connectivity index (χ0n) is 10.7. The van der Waals surface area contributed by atoms with Crippen molar-refractivity contribution in [2.24, 2.45) is 0 Å². The van der Waals surface area contributed by atoms with Crippen LogP contribution >= 0.6 is 15.9 Å². The van der Waals surface area contributed by atoms with Crippen molar-refractivity contribution in [3.8, 4) is 0 Å². The van der Waals surface area contributed by atoms with Crippen LogP contribution in [0.2, 0.25) is 0 Å². The van der Waals surface area contributed by atoms with Crippen molar-refractivity contribution >= 4 is 27.5 Å². The van der Waals surface area contributed by atoms with Gasteiger partial charge in [0.25, 0.3) is 5.91 Å². The lowest BCUT2D eigenvalue weighted by atomic mass is 10.1. The Hall–Kier alpha value is -1.75. The predicted octanol–water partition coefficient (Wildman–Crippen LogP) is 4.39. The van der Waals surface area contributed by atoms with Crippen LogP contribution in [-0.4, -0.2) is 12.5 Å². The van der Waals surface area contributed by atoms with Gasteiger partial charge in [-0.3, -0.25) is 4.79 Å². The third-order valence-corrected chi connectivity index (χ3v) is 3.49. The fraction of sp³-hybridized carbons (Fsp3) is 0.133. The summed E-state index contributed by atoms with van der Waals surface area (Å²) in [5, 5.41) is 0. The molecule has 0 N–H and O–H groups in total. The monoisotopic (exact) mass is 339 g/mol. The van der Waals surface area contributed by atoms with Crippen molar-refractivity contribution in [2.75, 3.05) is 11.4 Å². The van der Waals surface area contributed by atoms with Gasteiger partial charge in [0.1, 0.15) is 11.6 Å². The van der Waals surface area contributed by atoms with Gasteiger partial charge >= 0.3 is 0 Å².